The van der Waals surface area contributed by atoms with Crippen LogP contribution < -0.4 is 10.1 Å². The van der Waals surface area contributed by atoms with E-state index in [1.807, 2.05) is 60.8 Å². The number of nitrogens with zero attached hydrogens (tertiary/aromatic N) is 3. The Labute approximate surface area is 207 Å². The molecule has 0 spiro atoms. The van der Waals surface area contributed by atoms with Crippen molar-refractivity contribution >= 4 is 12.0 Å². The minimum Gasteiger partial charge on any atom is -0.494 e. The van der Waals surface area contributed by atoms with Crippen LogP contribution in [0.5, 0.6) is 5.75 Å². The van der Waals surface area contributed by atoms with Gasteiger partial charge in [-0.15, -0.1) is 0 Å². The molecule has 0 bridgehead atoms. The number of amides is 1. The van der Waals surface area contributed by atoms with Gasteiger partial charge in [-0.25, -0.2) is 4.68 Å². The summed E-state index contributed by atoms with van der Waals surface area (Å²) in [6, 6.07) is 19.8. The van der Waals surface area contributed by atoms with Gasteiger partial charge in [0, 0.05) is 23.4 Å². The number of nitriles is 1. The van der Waals surface area contributed by atoms with E-state index in [1.165, 1.54) is 6.42 Å². The molecule has 0 aliphatic heterocycles. The van der Waals surface area contributed by atoms with Crippen LogP contribution in [0.1, 0.15) is 57.4 Å². The molecule has 1 N–H and O–H groups in total. The average molecular weight is 469 g/mol. The van der Waals surface area contributed by atoms with E-state index in [9.17, 15) is 10.1 Å². The van der Waals surface area contributed by atoms with Crippen LogP contribution in [0, 0.1) is 11.3 Å². The van der Waals surface area contributed by atoms with Crippen LogP contribution in [-0.4, -0.2) is 28.3 Å². The van der Waals surface area contributed by atoms with Crippen molar-refractivity contribution in [3.63, 3.8) is 0 Å². The van der Waals surface area contributed by atoms with Gasteiger partial charge in [-0.05, 0) is 61.7 Å². The molecule has 1 heterocycles. The monoisotopic (exact) mass is 468 g/mol. The number of hydrogen-bond donors (Lipinski definition) is 1. The van der Waals surface area contributed by atoms with Crippen molar-refractivity contribution in [2.45, 2.75) is 57.9 Å². The van der Waals surface area contributed by atoms with Crippen LogP contribution in [-0.2, 0) is 4.79 Å². The fraction of sp³-hybridized carbons (Fsp3) is 0.345. The van der Waals surface area contributed by atoms with Crippen LogP contribution in [0.4, 0.5) is 0 Å². The highest BCUT2D eigenvalue weighted by Crippen LogP contribution is 2.28. The van der Waals surface area contributed by atoms with Crippen molar-refractivity contribution in [1.82, 2.24) is 15.1 Å². The topological polar surface area (TPSA) is 79.9 Å². The van der Waals surface area contributed by atoms with E-state index in [0.29, 0.717) is 17.9 Å². The molecular formula is C29H32N4O2. The van der Waals surface area contributed by atoms with Gasteiger partial charge in [-0.2, -0.15) is 10.4 Å². The maximum atomic E-state index is 12.9. The van der Waals surface area contributed by atoms with Crippen LogP contribution in [0.15, 0.2) is 66.4 Å². The van der Waals surface area contributed by atoms with Crippen molar-refractivity contribution in [3.8, 4) is 28.8 Å². The first kappa shape index (κ1) is 24.3. The number of carbonyl (C=O) groups excluding carboxylic acids is 1. The molecule has 6 nitrogen and oxygen atoms in total. The maximum Gasteiger partial charge on any atom is 0.262 e. The van der Waals surface area contributed by atoms with E-state index in [2.05, 4.69) is 18.3 Å². The zero-order chi connectivity index (χ0) is 24.5. The smallest absolute Gasteiger partial charge is 0.262 e. The number of hydrogen-bond acceptors (Lipinski definition) is 4. The quantitative estimate of drug-likeness (QED) is 0.235. The largest absolute Gasteiger partial charge is 0.494 e. The molecule has 1 amide bonds. The predicted octanol–water partition coefficient (Wildman–Crippen LogP) is 6.07. The third-order valence-corrected chi connectivity index (χ3v) is 6.26. The van der Waals surface area contributed by atoms with E-state index < -0.39 is 0 Å². The number of ether oxygens (including phenoxy) is 1. The summed E-state index contributed by atoms with van der Waals surface area (Å²) in [5, 5.41) is 17.6. The molecule has 3 aromatic rings. The number of nitrogens with one attached hydrogen (secondary N) is 1. The van der Waals surface area contributed by atoms with E-state index in [-0.39, 0.29) is 17.5 Å². The molecule has 1 saturated carbocycles. The van der Waals surface area contributed by atoms with E-state index in [0.717, 1.165) is 55.5 Å². The summed E-state index contributed by atoms with van der Waals surface area (Å²) in [6.07, 6.45) is 11.0. The summed E-state index contributed by atoms with van der Waals surface area (Å²) in [4.78, 5) is 12.9. The lowest BCUT2D eigenvalue weighted by Crippen LogP contribution is -2.36. The van der Waals surface area contributed by atoms with Gasteiger partial charge >= 0.3 is 0 Å². The Morgan fingerprint density at radius 3 is 2.57 bits per heavy atom. The average Bonchev–Trinajstić information content (AvgIpc) is 3.33. The fourth-order valence-electron chi connectivity index (χ4n) is 4.29. The molecule has 0 atom stereocenters. The van der Waals surface area contributed by atoms with Gasteiger partial charge in [-0.1, -0.05) is 50.8 Å². The van der Waals surface area contributed by atoms with E-state index >= 15 is 0 Å². The van der Waals surface area contributed by atoms with E-state index in [4.69, 9.17) is 9.84 Å². The van der Waals surface area contributed by atoms with Crippen molar-refractivity contribution in [3.05, 3.63) is 71.9 Å². The van der Waals surface area contributed by atoms with Gasteiger partial charge in [0.05, 0.1) is 18.0 Å². The number of aromatic nitrogens is 2. The third-order valence-electron chi connectivity index (χ3n) is 6.26. The summed E-state index contributed by atoms with van der Waals surface area (Å²) in [7, 11) is 0. The van der Waals surface area contributed by atoms with Gasteiger partial charge in [0.25, 0.3) is 5.91 Å². The van der Waals surface area contributed by atoms with Gasteiger partial charge in [0.1, 0.15) is 17.4 Å². The number of carbonyl (C=O) groups is 1. The second kappa shape index (κ2) is 12.0. The molecule has 1 fully saturated rings. The normalized spacial score (nSPS) is 14.3. The maximum absolute atomic E-state index is 12.9. The summed E-state index contributed by atoms with van der Waals surface area (Å²) < 4.78 is 7.57. The fourth-order valence-corrected chi connectivity index (χ4v) is 4.29. The van der Waals surface area contributed by atoms with Crippen molar-refractivity contribution in [2.75, 3.05) is 6.61 Å². The highest BCUT2D eigenvalue weighted by atomic mass is 16.5. The first-order valence-electron chi connectivity index (χ1n) is 12.5. The Morgan fingerprint density at radius 2 is 1.89 bits per heavy atom. The zero-order valence-corrected chi connectivity index (χ0v) is 20.2. The van der Waals surface area contributed by atoms with Crippen molar-refractivity contribution in [1.29, 1.82) is 5.26 Å². The lowest BCUT2D eigenvalue weighted by atomic mass is 9.95. The van der Waals surface area contributed by atoms with Crippen LogP contribution in [0.25, 0.3) is 23.0 Å². The lowest BCUT2D eigenvalue weighted by molar-refractivity contribution is -0.117. The Hall–Kier alpha value is -3.85. The molecule has 2 aromatic carbocycles. The summed E-state index contributed by atoms with van der Waals surface area (Å²) in [5.41, 5.74) is 3.29. The van der Waals surface area contributed by atoms with Crippen molar-refractivity contribution in [2.24, 2.45) is 0 Å². The van der Waals surface area contributed by atoms with Gasteiger partial charge in [-0.3, -0.25) is 4.79 Å². The third kappa shape index (κ3) is 6.39. The second-order valence-electron chi connectivity index (χ2n) is 8.92. The Kier molecular flexibility index (Phi) is 8.34. The van der Waals surface area contributed by atoms with Crippen LogP contribution in [0.2, 0.25) is 0 Å². The van der Waals surface area contributed by atoms with Crippen LogP contribution >= 0.6 is 0 Å². The summed E-state index contributed by atoms with van der Waals surface area (Å²) >= 11 is 0. The standard InChI is InChI=1S/C29H32N4O2/c1-2-3-18-35-27-16-14-22(15-17-27)28-24(21-33(32-28)26-12-8-5-9-13-26)19-23(20-30)29(34)31-25-10-6-4-7-11-25/h5,8-9,12-17,19,21,25H,2-4,6-7,10-11,18H2,1H3,(H,31,34)/b23-19+. The SMILES string of the molecule is CCCCOc1ccc(-c2nn(-c3ccccc3)cc2/C=C(\C#N)C(=O)NC2CCCCC2)cc1. The molecule has 1 aliphatic carbocycles. The van der Waals surface area contributed by atoms with Gasteiger partial charge in [0.15, 0.2) is 0 Å². The molecule has 35 heavy (non-hydrogen) atoms. The minimum atomic E-state index is -0.322. The summed E-state index contributed by atoms with van der Waals surface area (Å²) in [6.45, 7) is 2.82. The number of unbranched alkanes of at least 4 members (excludes halogenated alkanes) is 1. The molecule has 1 aliphatic rings. The Morgan fingerprint density at radius 1 is 1.14 bits per heavy atom. The van der Waals surface area contributed by atoms with Crippen molar-refractivity contribution < 1.29 is 9.53 Å². The number of para-hydroxylation sites is 1. The molecule has 6 heteroatoms. The highest BCUT2D eigenvalue weighted by Gasteiger charge is 2.19. The Balaban J connectivity index is 1.65. The predicted molar refractivity (Wildman–Crippen MR) is 138 cm³/mol. The summed E-state index contributed by atoms with van der Waals surface area (Å²) in [5.74, 6) is 0.490. The molecule has 4 rings (SSSR count). The highest BCUT2D eigenvalue weighted by molar-refractivity contribution is 6.02. The first-order chi connectivity index (χ1) is 17.2. The number of benzene rings is 2. The molecular weight excluding hydrogens is 436 g/mol. The minimum absolute atomic E-state index is 0.0870. The molecule has 0 unspecified atom stereocenters. The zero-order valence-electron chi connectivity index (χ0n) is 20.2. The van der Waals surface area contributed by atoms with E-state index in [1.54, 1.807) is 10.8 Å². The van der Waals surface area contributed by atoms with Crippen LogP contribution in [0.3, 0.4) is 0 Å². The first-order valence-corrected chi connectivity index (χ1v) is 12.5. The number of rotatable bonds is 9. The lowest BCUT2D eigenvalue weighted by Gasteiger charge is -2.22. The second-order valence-corrected chi connectivity index (χ2v) is 8.92. The molecule has 180 valence electrons. The Bertz CT molecular complexity index is 1180. The molecule has 1 aromatic heterocycles. The van der Waals surface area contributed by atoms with Gasteiger partial charge < -0.3 is 10.1 Å². The van der Waals surface area contributed by atoms with Gasteiger partial charge in [0.2, 0.25) is 0 Å². The molecule has 0 saturated heterocycles. The molecule has 0 radical (unpaired) electrons.